The first kappa shape index (κ1) is 26.9. The highest BCUT2D eigenvalue weighted by Gasteiger charge is 2.30. The van der Waals surface area contributed by atoms with Crippen molar-refractivity contribution in [3.8, 4) is 17.0 Å². The van der Waals surface area contributed by atoms with Gasteiger partial charge in [-0.1, -0.05) is 35.9 Å². The van der Waals surface area contributed by atoms with Crippen molar-refractivity contribution < 1.29 is 24.2 Å². The summed E-state index contributed by atoms with van der Waals surface area (Å²) in [5, 5.41) is 16.3. The van der Waals surface area contributed by atoms with E-state index in [4.69, 9.17) is 21.1 Å². The predicted molar refractivity (Wildman–Crippen MR) is 146 cm³/mol. The fraction of sp³-hybridized carbons (Fsp3) is 0.357. The summed E-state index contributed by atoms with van der Waals surface area (Å²) < 4.78 is 10.6. The maximum atomic E-state index is 13.2. The Hall–Kier alpha value is -3.73. The number of carbonyl (C=O) groups excluding carboxylic acids is 2. The molecule has 3 N–H and O–H groups in total. The molecule has 0 aliphatic carbocycles. The van der Waals surface area contributed by atoms with Gasteiger partial charge in [0.05, 0.1) is 43.3 Å². The van der Waals surface area contributed by atoms with Gasteiger partial charge in [-0.3, -0.25) is 9.59 Å². The van der Waals surface area contributed by atoms with E-state index in [2.05, 4.69) is 20.6 Å². The number of aliphatic hydroxyl groups is 1. The van der Waals surface area contributed by atoms with Crippen molar-refractivity contribution in [2.45, 2.75) is 19.0 Å². The summed E-state index contributed by atoms with van der Waals surface area (Å²) in [7, 11) is 1.55. The van der Waals surface area contributed by atoms with Crippen LogP contribution in [0.4, 0.5) is 5.95 Å². The summed E-state index contributed by atoms with van der Waals surface area (Å²) in [4.78, 5) is 36.4. The number of benzene rings is 2. The highest BCUT2D eigenvalue weighted by Crippen LogP contribution is 2.31. The van der Waals surface area contributed by atoms with Gasteiger partial charge in [0.2, 0.25) is 11.9 Å². The number of nitrogens with one attached hydrogen (secondary N) is 2. The van der Waals surface area contributed by atoms with E-state index in [9.17, 15) is 14.7 Å². The zero-order valence-electron chi connectivity index (χ0n) is 21.5. The molecule has 2 amide bonds. The minimum absolute atomic E-state index is 0.142. The Morgan fingerprint density at radius 1 is 1.31 bits per heavy atom. The number of rotatable bonds is 10. The summed E-state index contributed by atoms with van der Waals surface area (Å²) in [5.74, 6) is 0.864. The van der Waals surface area contributed by atoms with Gasteiger partial charge in [-0.2, -0.15) is 0 Å². The van der Waals surface area contributed by atoms with Crippen molar-refractivity contribution in [2.75, 3.05) is 45.3 Å². The van der Waals surface area contributed by atoms with Crippen molar-refractivity contribution in [2.24, 2.45) is 5.92 Å². The lowest BCUT2D eigenvalue weighted by Gasteiger charge is -2.20. The molecule has 0 radical (unpaired) electrons. The number of ether oxygens (including phenoxy) is 2. The third-order valence-corrected chi connectivity index (χ3v) is 7.20. The van der Waals surface area contributed by atoms with Crippen molar-refractivity contribution in [3.63, 3.8) is 0 Å². The van der Waals surface area contributed by atoms with E-state index in [1.165, 1.54) is 4.90 Å². The molecule has 3 aromatic rings. The van der Waals surface area contributed by atoms with Crippen LogP contribution in [0, 0.1) is 5.92 Å². The second-order valence-electron chi connectivity index (χ2n) is 9.61. The smallest absolute Gasteiger partial charge is 0.254 e. The van der Waals surface area contributed by atoms with Crippen molar-refractivity contribution in [1.29, 1.82) is 0 Å². The summed E-state index contributed by atoms with van der Waals surface area (Å²) in [6.07, 6.45) is 2.54. The fourth-order valence-corrected chi connectivity index (χ4v) is 4.98. The van der Waals surface area contributed by atoms with Gasteiger partial charge in [0.15, 0.2) is 0 Å². The summed E-state index contributed by atoms with van der Waals surface area (Å²) in [6.45, 7) is 2.06. The number of hydrogen-bond donors (Lipinski definition) is 3. The van der Waals surface area contributed by atoms with Crippen molar-refractivity contribution in [1.82, 2.24) is 20.2 Å². The predicted octanol–water partition coefficient (Wildman–Crippen LogP) is 3.06. The van der Waals surface area contributed by atoms with Crippen LogP contribution in [0.25, 0.3) is 11.3 Å². The van der Waals surface area contributed by atoms with Crippen LogP contribution in [-0.4, -0.2) is 71.8 Å². The molecule has 204 valence electrons. The highest BCUT2D eigenvalue weighted by atomic mass is 35.5. The Balaban J connectivity index is 1.25. The van der Waals surface area contributed by atoms with E-state index in [0.29, 0.717) is 58.1 Å². The zero-order valence-corrected chi connectivity index (χ0v) is 22.3. The van der Waals surface area contributed by atoms with Crippen LogP contribution in [0.5, 0.6) is 5.75 Å². The molecule has 2 aliphatic rings. The first-order valence-electron chi connectivity index (χ1n) is 12.8. The minimum Gasteiger partial charge on any atom is -0.497 e. The Morgan fingerprint density at radius 3 is 2.95 bits per heavy atom. The topological polar surface area (TPSA) is 126 Å². The number of aromatic nitrogens is 2. The van der Waals surface area contributed by atoms with Gasteiger partial charge < -0.3 is 30.1 Å². The average molecular weight is 552 g/mol. The third kappa shape index (κ3) is 6.13. The SMILES string of the molecule is COc1cccc([C@@H](CO)NC(=O)CN2Cc3ccc(-c4nc(NCC5CCOC5)ncc4Cl)cc3C2=O)c1. The fourth-order valence-electron chi connectivity index (χ4n) is 4.78. The molecule has 2 aromatic carbocycles. The van der Waals surface area contributed by atoms with Crippen LogP contribution in [0.3, 0.4) is 0 Å². The molecule has 39 heavy (non-hydrogen) atoms. The average Bonchev–Trinajstić information content (AvgIpc) is 3.59. The van der Waals surface area contributed by atoms with Gasteiger partial charge in [-0.25, -0.2) is 9.97 Å². The van der Waals surface area contributed by atoms with E-state index >= 15 is 0 Å². The maximum Gasteiger partial charge on any atom is 0.254 e. The number of halogens is 1. The van der Waals surface area contributed by atoms with Gasteiger partial charge >= 0.3 is 0 Å². The van der Waals surface area contributed by atoms with Gasteiger partial charge in [0.25, 0.3) is 5.91 Å². The lowest BCUT2D eigenvalue weighted by molar-refractivity contribution is -0.122. The molecule has 3 heterocycles. The molecular weight excluding hydrogens is 522 g/mol. The Labute approximate surface area is 231 Å². The van der Waals surface area contributed by atoms with E-state index < -0.39 is 6.04 Å². The van der Waals surface area contributed by atoms with Gasteiger partial charge in [-0.15, -0.1) is 0 Å². The number of nitrogens with zero attached hydrogens (tertiary/aromatic N) is 3. The van der Waals surface area contributed by atoms with Crippen LogP contribution in [-0.2, 0) is 16.1 Å². The third-order valence-electron chi connectivity index (χ3n) is 6.93. The van der Waals surface area contributed by atoms with Crippen LogP contribution in [0.15, 0.2) is 48.7 Å². The Kier molecular flexibility index (Phi) is 8.25. The van der Waals surface area contributed by atoms with E-state index in [-0.39, 0.29) is 25.0 Å². The number of hydrogen-bond acceptors (Lipinski definition) is 8. The molecule has 1 saturated heterocycles. The highest BCUT2D eigenvalue weighted by molar-refractivity contribution is 6.33. The number of aliphatic hydroxyl groups excluding tert-OH is 1. The van der Waals surface area contributed by atoms with Crippen LogP contribution in [0.2, 0.25) is 5.02 Å². The number of amides is 2. The number of methoxy groups -OCH3 is 1. The van der Waals surface area contributed by atoms with Crippen molar-refractivity contribution >= 4 is 29.4 Å². The molecule has 2 aliphatic heterocycles. The second kappa shape index (κ2) is 12.0. The number of fused-ring (bicyclic) bond motifs is 1. The molecule has 2 atom stereocenters. The molecule has 10 nitrogen and oxygen atoms in total. The summed E-state index contributed by atoms with van der Waals surface area (Å²) in [5.41, 5.74) is 3.23. The van der Waals surface area contributed by atoms with Gasteiger partial charge in [-0.05, 0) is 35.7 Å². The standard InChI is InChI=1S/C28H30ClN5O5/c1-38-21-4-2-3-18(9-21)24(15-35)32-25(36)14-34-13-20-6-5-19(10-22(20)27(34)37)26-23(29)12-31-28(33-26)30-11-17-7-8-39-16-17/h2-6,9-10,12,17,24,35H,7-8,11,13-16H2,1H3,(H,32,36)(H,30,31,33)/t17?,24-/m1/s1. The Bertz CT molecular complexity index is 1360. The van der Waals surface area contributed by atoms with Crippen LogP contribution in [0.1, 0.15) is 33.9 Å². The van der Waals surface area contributed by atoms with E-state index in [1.807, 2.05) is 12.1 Å². The zero-order chi connectivity index (χ0) is 27.4. The maximum absolute atomic E-state index is 13.2. The summed E-state index contributed by atoms with van der Waals surface area (Å²) >= 11 is 6.43. The molecule has 1 fully saturated rings. The lowest BCUT2D eigenvalue weighted by atomic mass is 10.0. The number of carbonyl (C=O) groups is 2. The lowest BCUT2D eigenvalue weighted by Crippen LogP contribution is -2.40. The Morgan fingerprint density at radius 2 is 2.18 bits per heavy atom. The van der Waals surface area contributed by atoms with Gasteiger partial charge in [0, 0.05) is 36.7 Å². The van der Waals surface area contributed by atoms with Crippen LogP contribution >= 0.6 is 11.6 Å². The molecule has 0 spiro atoms. The monoisotopic (exact) mass is 551 g/mol. The normalized spacial score (nSPS) is 17.2. The molecule has 0 bridgehead atoms. The largest absolute Gasteiger partial charge is 0.497 e. The van der Waals surface area contributed by atoms with Crippen molar-refractivity contribution in [3.05, 3.63) is 70.4 Å². The summed E-state index contributed by atoms with van der Waals surface area (Å²) in [6, 6.07) is 12.0. The molecule has 11 heteroatoms. The first-order valence-corrected chi connectivity index (χ1v) is 13.1. The quantitative estimate of drug-likeness (QED) is 0.351. The molecule has 5 rings (SSSR count). The molecular formula is C28H30ClN5O5. The minimum atomic E-state index is -0.622. The first-order chi connectivity index (χ1) is 18.9. The molecule has 0 saturated carbocycles. The molecule has 1 aromatic heterocycles. The second-order valence-corrected chi connectivity index (χ2v) is 10.0. The van der Waals surface area contributed by atoms with E-state index in [0.717, 1.165) is 25.2 Å². The van der Waals surface area contributed by atoms with Crippen LogP contribution < -0.4 is 15.4 Å². The number of anilines is 1. The molecule has 1 unspecified atom stereocenters. The van der Waals surface area contributed by atoms with Gasteiger partial charge in [0.1, 0.15) is 12.3 Å². The van der Waals surface area contributed by atoms with E-state index in [1.54, 1.807) is 43.6 Å².